The van der Waals surface area contributed by atoms with Crippen LogP contribution in [0.4, 0.5) is 0 Å². The van der Waals surface area contributed by atoms with Gasteiger partial charge in [0.25, 0.3) is 5.91 Å². The lowest BCUT2D eigenvalue weighted by molar-refractivity contribution is 0.0932. The zero-order chi connectivity index (χ0) is 19.4. The minimum absolute atomic E-state index is 0.00192. The van der Waals surface area contributed by atoms with Gasteiger partial charge in [0.1, 0.15) is 0 Å². The van der Waals surface area contributed by atoms with Crippen molar-refractivity contribution < 1.29 is 13.2 Å². The molecule has 0 saturated carbocycles. The van der Waals surface area contributed by atoms with Crippen LogP contribution in [0.3, 0.4) is 0 Å². The number of sulfonamides is 1. The van der Waals surface area contributed by atoms with E-state index in [1.165, 1.54) is 23.3 Å². The van der Waals surface area contributed by atoms with Crippen molar-refractivity contribution in [1.29, 1.82) is 0 Å². The summed E-state index contributed by atoms with van der Waals surface area (Å²) in [6.07, 6.45) is 3.70. The van der Waals surface area contributed by atoms with Gasteiger partial charge in [-0.1, -0.05) is 31.2 Å². The van der Waals surface area contributed by atoms with E-state index in [2.05, 4.69) is 22.2 Å². The van der Waals surface area contributed by atoms with E-state index in [9.17, 15) is 13.2 Å². The van der Waals surface area contributed by atoms with Crippen LogP contribution in [-0.4, -0.2) is 20.4 Å². The molecule has 2 atom stereocenters. The predicted molar refractivity (Wildman–Crippen MR) is 106 cm³/mol. The molecule has 0 heterocycles. The Morgan fingerprint density at radius 1 is 1.15 bits per heavy atom. The maximum Gasteiger partial charge on any atom is 0.251 e. The number of hydrogen-bond acceptors (Lipinski definition) is 3. The van der Waals surface area contributed by atoms with Crippen molar-refractivity contribution in [2.75, 3.05) is 0 Å². The summed E-state index contributed by atoms with van der Waals surface area (Å²) in [6, 6.07) is 14.1. The summed E-state index contributed by atoms with van der Waals surface area (Å²) in [5, 5.41) is 3.09. The zero-order valence-electron chi connectivity index (χ0n) is 15.7. The van der Waals surface area contributed by atoms with Gasteiger partial charge < -0.3 is 5.32 Å². The zero-order valence-corrected chi connectivity index (χ0v) is 16.6. The molecule has 5 nitrogen and oxygen atoms in total. The molecule has 27 heavy (non-hydrogen) atoms. The second kappa shape index (κ2) is 8.23. The first-order valence-electron chi connectivity index (χ1n) is 9.41. The molecular weight excluding hydrogens is 360 g/mol. The summed E-state index contributed by atoms with van der Waals surface area (Å²) >= 11 is 0. The van der Waals surface area contributed by atoms with E-state index in [-0.39, 0.29) is 22.9 Å². The molecule has 0 aromatic heterocycles. The topological polar surface area (TPSA) is 75.3 Å². The second-order valence-corrected chi connectivity index (χ2v) is 8.79. The van der Waals surface area contributed by atoms with Crippen LogP contribution in [0.5, 0.6) is 0 Å². The van der Waals surface area contributed by atoms with Crippen molar-refractivity contribution in [2.24, 2.45) is 0 Å². The quantitative estimate of drug-likeness (QED) is 0.797. The molecule has 0 radical (unpaired) electrons. The minimum Gasteiger partial charge on any atom is -0.345 e. The first-order valence-corrected chi connectivity index (χ1v) is 10.9. The number of carbonyl (C=O) groups excluding carboxylic acids is 1. The average Bonchev–Trinajstić information content (AvgIpc) is 2.68. The van der Waals surface area contributed by atoms with E-state index >= 15 is 0 Å². The Labute approximate surface area is 161 Å². The van der Waals surface area contributed by atoms with Crippen LogP contribution in [0.15, 0.2) is 53.4 Å². The maximum absolute atomic E-state index is 12.6. The molecule has 1 aliphatic rings. The number of aryl methyl sites for hydroxylation is 1. The lowest BCUT2D eigenvalue weighted by atomic mass is 9.87. The van der Waals surface area contributed by atoms with Gasteiger partial charge >= 0.3 is 0 Å². The number of rotatable bonds is 6. The highest BCUT2D eigenvalue weighted by molar-refractivity contribution is 7.89. The van der Waals surface area contributed by atoms with Crippen LogP contribution in [0.1, 0.15) is 60.6 Å². The number of fused-ring (bicyclic) bond motifs is 1. The Balaban J connectivity index is 1.72. The van der Waals surface area contributed by atoms with Gasteiger partial charge in [0.2, 0.25) is 10.0 Å². The van der Waals surface area contributed by atoms with Crippen LogP contribution in [0.25, 0.3) is 0 Å². The first-order chi connectivity index (χ1) is 12.9. The lowest BCUT2D eigenvalue weighted by Crippen LogP contribution is -2.32. The Bertz CT molecular complexity index is 907. The number of carbonyl (C=O) groups is 1. The largest absolute Gasteiger partial charge is 0.345 e. The van der Waals surface area contributed by atoms with Gasteiger partial charge in [-0.15, -0.1) is 0 Å². The molecule has 144 valence electrons. The van der Waals surface area contributed by atoms with Crippen LogP contribution in [0.2, 0.25) is 0 Å². The second-order valence-electron chi connectivity index (χ2n) is 7.07. The SMILES string of the molecule is CC[C@H](C)NS(=O)(=O)c1ccc(C(=O)N[C@@H]2CCCc3ccccc32)cc1. The van der Waals surface area contributed by atoms with E-state index in [0.29, 0.717) is 12.0 Å². The Hall–Kier alpha value is -2.18. The molecule has 0 spiro atoms. The summed E-state index contributed by atoms with van der Waals surface area (Å²) in [4.78, 5) is 12.8. The highest BCUT2D eigenvalue weighted by atomic mass is 32.2. The molecule has 0 unspecified atom stereocenters. The van der Waals surface area contributed by atoms with Crippen molar-refractivity contribution >= 4 is 15.9 Å². The first kappa shape index (κ1) is 19.6. The van der Waals surface area contributed by atoms with Gasteiger partial charge in [-0.05, 0) is 68.0 Å². The standard InChI is InChI=1S/C21H26N2O3S/c1-3-15(2)23-27(25,26)18-13-11-17(12-14-18)21(24)22-20-10-6-8-16-7-4-5-9-19(16)20/h4-5,7,9,11-15,20,23H,3,6,8,10H2,1-2H3,(H,22,24)/t15-,20+/m0/s1. The summed E-state index contributed by atoms with van der Waals surface area (Å²) in [5.41, 5.74) is 2.92. The molecule has 0 fully saturated rings. The van der Waals surface area contributed by atoms with E-state index in [4.69, 9.17) is 0 Å². The van der Waals surface area contributed by atoms with Crippen molar-refractivity contribution in [2.45, 2.75) is 56.5 Å². The van der Waals surface area contributed by atoms with Gasteiger partial charge in [0, 0.05) is 11.6 Å². The summed E-state index contributed by atoms with van der Waals surface area (Å²) in [7, 11) is -3.56. The normalized spacial score (nSPS) is 17.8. The minimum atomic E-state index is -3.56. The molecule has 0 saturated heterocycles. The fourth-order valence-electron chi connectivity index (χ4n) is 3.35. The van der Waals surface area contributed by atoms with Crippen molar-refractivity contribution in [3.05, 3.63) is 65.2 Å². The maximum atomic E-state index is 12.6. The summed E-state index contributed by atoms with van der Waals surface area (Å²) in [6.45, 7) is 3.74. The Morgan fingerprint density at radius 2 is 1.85 bits per heavy atom. The van der Waals surface area contributed by atoms with Gasteiger partial charge in [0.15, 0.2) is 0 Å². The van der Waals surface area contributed by atoms with Gasteiger partial charge in [-0.2, -0.15) is 0 Å². The van der Waals surface area contributed by atoms with E-state index < -0.39 is 10.0 Å². The van der Waals surface area contributed by atoms with Gasteiger partial charge in [-0.25, -0.2) is 13.1 Å². The fourth-order valence-corrected chi connectivity index (χ4v) is 4.67. The predicted octanol–water partition coefficient (Wildman–Crippen LogP) is 3.57. The van der Waals surface area contributed by atoms with Crippen LogP contribution in [-0.2, 0) is 16.4 Å². The smallest absolute Gasteiger partial charge is 0.251 e. The fraction of sp³-hybridized carbons (Fsp3) is 0.381. The monoisotopic (exact) mass is 386 g/mol. The number of benzene rings is 2. The van der Waals surface area contributed by atoms with Crippen LogP contribution >= 0.6 is 0 Å². The highest BCUT2D eigenvalue weighted by Crippen LogP contribution is 2.29. The molecule has 2 aromatic rings. The number of amides is 1. The van der Waals surface area contributed by atoms with E-state index in [1.54, 1.807) is 12.1 Å². The molecule has 0 aliphatic heterocycles. The summed E-state index contributed by atoms with van der Waals surface area (Å²) in [5.74, 6) is -0.185. The lowest BCUT2D eigenvalue weighted by Gasteiger charge is -2.26. The molecule has 6 heteroatoms. The Morgan fingerprint density at radius 3 is 2.56 bits per heavy atom. The molecule has 0 bridgehead atoms. The third kappa shape index (κ3) is 4.57. The van der Waals surface area contributed by atoms with Crippen LogP contribution in [0, 0.1) is 0 Å². The highest BCUT2D eigenvalue weighted by Gasteiger charge is 2.22. The van der Waals surface area contributed by atoms with E-state index in [1.807, 2.05) is 26.0 Å². The number of hydrogen-bond donors (Lipinski definition) is 2. The third-order valence-corrected chi connectivity index (χ3v) is 6.68. The molecule has 2 N–H and O–H groups in total. The third-order valence-electron chi connectivity index (χ3n) is 5.07. The molecule has 1 amide bonds. The van der Waals surface area contributed by atoms with Crippen molar-refractivity contribution in [3.63, 3.8) is 0 Å². The Kier molecular flexibility index (Phi) is 5.97. The average molecular weight is 387 g/mol. The van der Waals surface area contributed by atoms with E-state index in [0.717, 1.165) is 19.3 Å². The van der Waals surface area contributed by atoms with Crippen molar-refractivity contribution in [3.8, 4) is 0 Å². The molecule has 3 rings (SSSR count). The van der Waals surface area contributed by atoms with Gasteiger partial charge in [0.05, 0.1) is 10.9 Å². The number of nitrogens with one attached hydrogen (secondary N) is 2. The molecule has 2 aromatic carbocycles. The molecular formula is C21H26N2O3S. The summed E-state index contributed by atoms with van der Waals surface area (Å²) < 4.78 is 27.3. The van der Waals surface area contributed by atoms with Gasteiger partial charge in [-0.3, -0.25) is 4.79 Å². The van der Waals surface area contributed by atoms with Crippen LogP contribution < -0.4 is 10.0 Å². The van der Waals surface area contributed by atoms with Crippen molar-refractivity contribution in [1.82, 2.24) is 10.0 Å². The molecule has 1 aliphatic carbocycles.